The van der Waals surface area contributed by atoms with E-state index in [1.165, 1.54) is 18.2 Å². The van der Waals surface area contributed by atoms with Crippen LogP contribution in [0.1, 0.15) is 32.0 Å². The second-order valence-electron chi connectivity index (χ2n) is 7.45. The van der Waals surface area contributed by atoms with Crippen LogP contribution in [0.15, 0.2) is 52.2 Å². The minimum atomic E-state index is -0.596. The minimum absolute atomic E-state index is 0.0429. The number of aromatic nitrogens is 1. The molecule has 0 atom stereocenters. The summed E-state index contributed by atoms with van der Waals surface area (Å²) in [7, 11) is 0. The molecule has 0 bridgehead atoms. The molecule has 32 heavy (non-hydrogen) atoms. The molecule has 2 aromatic carbocycles. The van der Waals surface area contributed by atoms with Gasteiger partial charge in [-0.2, -0.15) is 0 Å². The lowest BCUT2D eigenvalue weighted by atomic mass is 10.1. The molecule has 1 saturated heterocycles. The summed E-state index contributed by atoms with van der Waals surface area (Å²) in [5.41, 5.74) is 2.72. The highest BCUT2D eigenvalue weighted by atomic mass is 35.5. The summed E-state index contributed by atoms with van der Waals surface area (Å²) < 4.78 is 15.0. The summed E-state index contributed by atoms with van der Waals surface area (Å²) >= 11 is 9.21. The molecule has 9 heteroatoms. The smallest absolute Gasteiger partial charge is 0.257 e. The second kappa shape index (κ2) is 10.0. The molecule has 1 aliphatic heterocycles. The van der Waals surface area contributed by atoms with Crippen molar-refractivity contribution in [3.05, 3.63) is 81.1 Å². The van der Waals surface area contributed by atoms with Gasteiger partial charge in [0.2, 0.25) is 0 Å². The predicted octanol–water partition coefficient (Wildman–Crippen LogP) is 5.13. The van der Waals surface area contributed by atoms with Crippen molar-refractivity contribution in [2.45, 2.75) is 17.0 Å². The van der Waals surface area contributed by atoms with E-state index >= 15 is 0 Å². The van der Waals surface area contributed by atoms with E-state index in [-0.39, 0.29) is 11.5 Å². The molecule has 1 aliphatic rings. The van der Waals surface area contributed by atoms with E-state index in [1.807, 2.05) is 36.6 Å². The Bertz CT molecular complexity index is 1130. The van der Waals surface area contributed by atoms with Crippen LogP contribution in [0.3, 0.4) is 0 Å². The fourth-order valence-electron chi connectivity index (χ4n) is 3.41. The molecule has 2 heterocycles. The topological polar surface area (TPSA) is 53.5 Å². The number of hydrogen-bond acceptors (Lipinski definition) is 5. The van der Waals surface area contributed by atoms with Crippen LogP contribution < -0.4 is 0 Å². The SMILES string of the molecule is Cc1csc(SCc2ccc(C(=O)N3CCN(C(=O)c4cc(Cl)ccc4F)CC3)cc2)n1. The molecule has 166 valence electrons. The summed E-state index contributed by atoms with van der Waals surface area (Å²) in [5, 5.41) is 2.34. The Kier molecular flexibility index (Phi) is 7.13. The minimum Gasteiger partial charge on any atom is -0.335 e. The Balaban J connectivity index is 1.32. The maximum absolute atomic E-state index is 14.0. The zero-order chi connectivity index (χ0) is 22.7. The lowest BCUT2D eigenvalue weighted by Crippen LogP contribution is -2.50. The van der Waals surface area contributed by atoms with Crippen LogP contribution in [-0.4, -0.2) is 52.8 Å². The van der Waals surface area contributed by atoms with Gasteiger partial charge in [0, 0.05) is 53.6 Å². The van der Waals surface area contributed by atoms with E-state index < -0.39 is 11.7 Å². The maximum Gasteiger partial charge on any atom is 0.257 e. The van der Waals surface area contributed by atoms with Crippen LogP contribution in [0.4, 0.5) is 4.39 Å². The highest BCUT2D eigenvalue weighted by molar-refractivity contribution is 8.00. The Hall–Kier alpha value is -2.42. The maximum atomic E-state index is 14.0. The summed E-state index contributed by atoms with van der Waals surface area (Å²) in [5.74, 6) is -0.279. The van der Waals surface area contributed by atoms with Crippen molar-refractivity contribution < 1.29 is 14.0 Å². The number of carbonyl (C=O) groups is 2. The number of amides is 2. The number of rotatable bonds is 5. The van der Waals surface area contributed by atoms with Crippen LogP contribution in [-0.2, 0) is 5.75 Å². The zero-order valence-corrected chi connectivity index (χ0v) is 19.8. The number of thiazole rings is 1. The third kappa shape index (κ3) is 5.31. The monoisotopic (exact) mass is 489 g/mol. The first kappa shape index (κ1) is 22.8. The van der Waals surface area contributed by atoms with Crippen LogP contribution in [0.2, 0.25) is 5.02 Å². The molecule has 0 spiro atoms. The van der Waals surface area contributed by atoms with Gasteiger partial charge < -0.3 is 9.80 Å². The highest BCUT2D eigenvalue weighted by Gasteiger charge is 2.27. The Morgan fingerprint density at radius 3 is 2.34 bits per heavy atom. The Morgan fingerprint density at radius 1 is 1.06 bits per heavy atom. The van der Waals surface area contributed by atoms with Gasteiger partial charge in [-0.1, -0.05) is 35.5 Å². The summed E-state index contributed by atoms with van der Waals surface area (Å²) in [4.78, 5) is 33.2. The number of aryl methyl sites for hydroxylation is 1. The third-order valence-electron chi connectivity index (χ3n) is 5.17. The zero-order valence-electron chi connectivity index (χ0n) is 17.4. The first-order valence-electron chi connectivity index (χ1n) is 10.1. The van der Waals surface area contributed by atoms with Crippen molar-refractivity contribution in [1.29, 1.82) is 0 Å². The first-order chi connectivity index (χ1) is 15.4. The van der Waals surface area contributed by atoms with Gasteiger partial charge >= 0.3 is 0 Å². The van der Waals surface area contributed by atoms with Crippen molar-refractivity contribution in [2.75, 3.05) is 26.2 Å². The molecule has 2 amide bonds. The number of benzene rings is 2. The van der Waals surface area contributed by atoms with Crippen molar-refractivity contribution >= 4 is 46.5 Å². The molecular formula is C23H21ClFN3O2S2. The van der Waals surface area contributed by atoms with Crippen LogP contribution in [0.5, 0.6) is 0 Å². The lowest BCUT2D eigenvalue weighted by Gasteiger charge is -2.35. The highest BCUT2D eigenvalue weighted by Crippen LogP contribution is 2.26. The standard InChI is InChI=1S/C23H21ClFN3O2S2/c1-15-13-31-23(26-15)32-14-16-2-4-17(5-3-16)21(29)27-8-10-28(11-9-27)22(30)19-12-18(24)6-7-20(19)25/h2-7,12-13H,8-11,14H2,1H3. The van der Waals surface area contributed by atoms with Crippen LogP contribution >= 0.6 is 34.7 Å². The van der Waals surface area contributed by atoms with Crippen LogP contribution in [0.25, 0.3) is 0 Å². The van der Waals surface area contributed by atoms with Gasteiger partial charge in [-0.15, -0.1) is 11.3 Å². The first-order valence-corrected chi connectivity index (χ1v) is 12.3. The number of nitrogens with zero attached hydrogens (tertiary/aromatic N) is 3. The molecule has 4 rings (SSSR count). The molecule has 5 nitrogen and oxygen atoms in total. The summed E-state index contributed by atoms with van der Waals surface area (Å²) in [6.45, 7) is 3.46. The van der Waals surface area contributed by atoms with E-state index in [2.05, 4.69) is 4.98 Å². The molecule has 0 unspecified atom stereocenters. The summed E-state index contributed by atoms with van der Waals surface area (Å²) in [6.07, 6.45) is 0. The molecule has 0 saturated carbocycles. The van der Waals surface area contributed by atoms with Crippen molar-refractivity contribution in [3.8, 4) is 0 Å². The van der Waals surface area contributed by atoms with E-state index in [9.17, 15) is 14.0 Å². The molecule has 1 fully saturated rings. The van der Waals surface area contributed by atoms with Crippen molar-refractivity contribution in [3.63, 3.8) is 0 Å². The van der Waals surface area contributed by atoms with Gasteiger partial charge in [0.25, 0.3) is 11.8 Å². The molecule has 3 aromatic rings. The average molecular weight is 490 g/mol. The fraction of sp³-hybridized carbons (Fsp3) is 0.261. The average Bonchev–Trinajstić information content (AvgIpc) is 3.24. The van der Waals surface area contributed by atoms with Gasteiger partial charge in [-0.25, -0.2) is 9.37 Å². The van der Waals surface area contributed by atoms with Crippen molar-refractivity contribution in [1.82, 2.24) is 14.8 Å². The van der Waals surface area contributed by atoms with Gasteiger partial charge in [-0.05, 0) is 42.8 Å². The van der Waals surface area contributed by atoms with E-state index in [0.29, 0.717) is 36.8 Å². The van der Waals surface area contributed by atoms with Crippen molar-refractivity contribution in [2.24, 2.45) is 0 Å². The largest absolute Gasteiger partial charge is 0.335 e. The van der Waals surface area contributed by atoms with Gasteiger partial charge in [0.15, 0.2) is 0 Å². The third-order valence-corrected chi connectivity index (χ3v) is 7.62. The Morgan fingerprint density at radius 2 is 1.72 bits per heavy atom. The Labute approximate surface area is 199 Å². The fourth-order valence-corrected chi connectivity index (χ4v) is 5.39. The van der Waals surface area contributed by atoms with E-state index in [1.54, 1.807) is 32.9 Å². The predicted molar refractivity (Wildman–Crippen MR) is 126 cm³/mol. The molecule has 0 aliphatic carbocycles. The quantitative estimate of drug-likeness (QED) is 0.466. The number of piperazine rings is 1. The number of halogens is 2. The normalized spacial score (nSPS) is 14.0. The number of thioether (sulfide) groups is 1. The van der Waals surface area contributed by atoms with E-state index in [4.69, 9.17) is 11.6 Å². The second-order valence-corrected chi connectivity index (χ2v) is 9.97. The number of hydrogen-bond donors (Lipinski definition) is 0. The molecule has 0 N–H and O–H groups in total. The number of carbonyl (C=O) groups excluding carboxylic acids is 2. The van der Waals surface area contributed by atoms with Gasteiger partial charge in [-0.3, -0.25) is 9.59 Å². The van der Waals surface area contributed by atoms with Crippen LogP contribution in [0, 0.1) is 12.7 Å². The van der Waals surface area contributed by atoms with Gasteiger partial charge in [0.1, 0.15) is 10.2 Å². The molecular weight excluding hydrogens is 469 g/mol. The lowest BCUT2D eigenvalue weighted by molar-refractivity contribution is 0.0533. The van der Waals surface area contributed by atoms with Gasteiger partial charge in [0.05, 0.1) is 5.56 Å². The van der Waals surface area contributed by atoms with E-state index in [0.717, 1.165) is 21.3 Å². The molecule has 1 aromatic heterocycles. The summed E-state index contributed by atoms with van der Waals surface area (Å²) in [6, 6.07) is 11.5. The molecule has 0 radical (unpaired) electrons.